The number of alkyl halides is 1. The van der Waals surface area contributed by atoms with Gasteiger partial charge in [0, 0.05) is 56.4 Å². The molecule has 3 N–H and O–H groups in total. The first-order chi connectivity index (χ1) is 31.3. The zero-order valence-corrected chi connectivity index (χ0v) is 39.7. The van der Waals surface area contributed by atoms with Gasteiger partial charge in [-0.2, -0.15) is 0 Å². The van der Waals surface area contributed by atoms with Crippen LogP contribution in [-0.2, 0) is 32.1 Å². The van der Waals surface area contributed by atoms with Gasteiger partial charge in [-0.3, -0.25) is 19.3 Å². The van der Waals surface area contributed by atoms with Crippen molar-refractivity contribution >= 4 is 34.6 Å². The molecule has 3 aliphatic rings. The Morgan fingerprint density at radius 1 is 1.00 bits per heavy atom. The van der Waals surface area contributed by atoms with Crippen molar-refractivity contribution in [1.82, 2.24) is 25.4 Å². The zero-order chi connectivity index (χ0) is 47.5. The zero-order valence-electron chi connectivity index (χ0n) is 38.9. The quantitative estimate of drug-likeness (QED) is 0.0903. The van der Waals surface area contributed by atoms with Crippen LogP contribution in [0.1, 0.15) is 101 Å². The molecule has 4 aromatic rings. The number of amides is 3. The molecule has 7 rings (SSSR count). The average Bonchev–Trinajstić information content (AvgIpc) is 3.97. The molecular weight excluding hydrogens is 868 g/mol. The Labute approximate surface area is 389 Å². The topological polar surface area (TPSA) is 133 Å². The van der Waals surface area contributed by atoms with Crippen molar-refractivity contribution in [3.63, 3.8) is 0 Å². The third-order valence-electron chi connectivity index (χ3n) is 12.6. The van der Waals surface area contributed by atoms with Crippen LogP contribution < -0.4 is 15.4 Å². The van der Waals surface area contributed by atoms with E-state index in [0.29, 0.717) is 25.7 Å². The summed E-state index contributed by atoms with van der Waals surface area (Å²) in [5.74, 6) is -2.86. The van der Waals surface area contributed by atoms with E-state index in [1.54, 1.807) is 16.8 Å². The first-order valence-corrected chi connectivity index (χ1v) is 23.7. The summed E-state index contributed by atoms with van der Waals surface area (Å²) in [5.41, 5.74) is 6.39. The molecule has 15 heteroatoms. The van der Waals surface area contributed by atoms with E-state index in [2.05, 4.69) is 15.6 Å². The summed E-state index contributed by atoms with van der Waals surface area (Å²) >= 11 is 1.56. The predicted octanol–water partition coefficient (Wildman–Crippen LogP) is 8.27. The number of nitrogens with zero attached hydrogens (tertiary/aromatic N) is 3. The third-order valence-corrected chi connectivity index (χ3v) is 13.6. The van der Waals surface area contributed by atoms with Crippen molar-refractivity contribution < 1.29 is 42.1 Å². The molecule has 1 aromatic heterocycles. The number of carbonyl (C=O) groups excluding carboxylic acids is 3. The Morgan fingerprint density at radius 2 is 1.70 bits per heavy atom. The van der Waals surface area contributed by atoms with Gasteiger partial charge in [0.2, 0.25) is 17.7 Å². The van der Waals surface area contributed by atoms with E-state index in [9.17, 15) is 19.5 Å². The largest absolute Gasteiger partial charge is 0.493 e. The summed E-state index contributed by atoms with van der Waals surface area (Å²) in [4.78, 5) is 49.2. The second kappa shape index (κ2) is 20.4. The Hall–Kier alpha value is -5.09. The Bertz CT molecular complexity index is 2410. The van der Waals surface area contributed by atoms with Crippen molar-refractivity contribution in [2.24, 2.45) is 5.41 Å². The van der Waals surface area contributed by atoms with Gasteiger partial charge in [-0.1, -0.05) is 69.3 Å². The maximum atomic E-state index is 16.1. The number of hydrogen-bond donors (Lipinski definition) is 3. The van der Waals surface area contributed by atoms with Crippen LogP contribution >= 0.6 is 11.3 Å². The SMILES string of the molecule is Cc1ncsc1-c1ccc(CNC(=O)[C@@H]2C[C@@H](O)CN2C(=O)[C@@H](NC(=O)COCCCCOc2cc(F)c([C@@H]3C4=C(C[C@@H](C)N3CC(C)(C)F)c3ccccc3C4)c(F)c2)C(C)(C)C)cc1. The molecule has 3 aromatic carbocycles. The number of aliphatic hydroxyl groups is 1. The maximum Gasteiger partial charge on any atom is 0.246 e. The van der Waals surface area contributed by atoms with Crippen LogP contribution in [0.15, 0.2) is 71.7 Å². The molecule has 0 radical (unpaired) electrons. The number of nitrogens with one attached hydrogen (secondary N) is 2. The van der Waals surface area contributed by atoms with Crippen LogP contribution in [0, 0.1) is 24.0 Å². The molecule has 5 atom stereocenters. The van der Waals surface area contributed by atoms with Gasteiger partial charge in [0.1, 0.15) is 41.7 Å². The van der Waals surface area contributed by atoms with E-state index in [1.165, 1.54) is 30.9 Å². The fourth-order valence-electron chi connectivity index (χ4n) is 9.39. The van der Waals surface area contributed by atoms with E-state index < -0.39 is 64.7 Å². The standard InChI is InChI=1S/C51H62F3N5O6S/c1-30-20-38-37-13-9-8-12-34(37)21-39(38)45(59(30)28-51(6,7)54)44-40(52)23-36(24-41(44)53)65-19-11-10-18-64-27-43(61)57-47(50(3,4)5)49(63)58-26-35(60)22-42(58)48(62)55-25-32-14-16-33(17-15-32)46-31(2)56-29-66-46/h8-9,12-17,23-24,29-30,35,42,45,47,60H,10-11,18-22,25-28H2,1-7H3,(H,55,62)(H,57,61)/t30-,35-,42+,45+,47-/m1/s1. The van der Waals surface area contributed by atoms with Gasteiger partial charge in [-0.05, 0) is 92.2 Å². The lowest BCUT2D eigenvalue weighted by Gasteiger charge is -2.44. The monoisotopic (exact) mass is 929 g/mol. The van der Waals surface area contributed by atoms with Gasteiger partial charge in [0.05, 0.1) is 34.8 Å². The number of halogens is 3. The summed E-state index contributed by atoms with van der Waals surface area (Å²) in [6, 6.07) is 15.3. The molecular formula is C51H62F3N5O6S. The van der Waals surface area contributed by atoms with Gasteiger partial charge in [-0.25, -0.2) is 18.2 Å². The van der Waals surface area contributed by atoms with E-state index in [0.717, 1.165) is 44.0 Å². The molecule has 2 aliphatic heterocycles. The first kappa shape index (κ1) is 48.8. The van der Waals surface area contributed by atoms with Gasteiger partial charge in [0.25, 0.3) is 0 Å². The minimum absolute atomic E-state index is 0.0129. The highest BCUT2D eigenvalue weighted by Crippen LogP contribution is 2.50. The van der Waals surface area contributed by atoms with Crippen LogP contribution in [-0.4, -0.2) is 100 Å². The molecule has 3 heterocycles. The van der Waals surface area contributed by atoms with Crippen molar-refractivity contribution in [2.45, 2.75) is 123 Å². The second-order valence-corrected chi connectivity index (χ2v) is 20.4. The number of aromatic nitrogens is 1. The summed E-state index contributed by atoms with van der Waals surface area (Å²) in [6.07, 6.45) is 1.31. The molecule has 66 heavy (non-hydrogen) atoms. The lowest BCUT2D eigenvalue weighted by atomic mass is 9.84. The summed E-state index contributed by atoms with van der Waals surface area (Å²) < 4.78 is 58.8. The number of aryl methyl sites for hydroxylation is 1. The van der Waals surface area contributed by atoms with Gasteiger partial charge in [-0.15, -0.1) is 11.3 Å². The molecule has 354 valence electrons. The van der Waals surface area contributed by atoms with Crippen LogP contribution in [0.3, 0.4) is 0 Å². The number of benzene rings is 3. The smallest absolute Gasteiger partial charge is 0.246 e. The Kier molecular flexibility index (Phi) is 15.1. The van der Waals surface area contributed by atoms with E-state index in [-0.39, 0.29) is 63.2 Å². The maximum absolute atomic E-state index is 16.1. The fourth-order valence-corrected chi connectivity index (χ4v) is 10.2. The van der Waals surface area contributed by atoms with Gasteiger partial charge in [0.15, 0.2) is 0 Å². The molecule has 0 unspecified atom stereocenters. The molecule has 1 fully saturated rings. The molecule has 1 saturated heterocycles. The van der Waals surface area contributed by atoms with E-state index in [1.807, 2.05) is 88.0 Å². The van der Waals surface area contributed by atoms with Crippen LogP contribution in [0.4, 0.5) is 13.2 Å². The number of β-amino-alcohol motifs (C(OH)–C–C–N with tert-alkyl or cyclic N) is 1. The highest BCUT2D eigenvalue weighted by Gasteiger charge is 2.45. The van der Waals surface area contributed by atoms with E-state index in [4.69, 9.17) is 9.47 Å². The average molecular weight is 930 g/mol. The number of ether oxygens (including phenoxy) is 2. The van der Waals surface area contributed by atoms with Crippen LogP contribution in [0.2, 0.25) is 0 Å². The van der Waals surface area contributed by atoms with E-state index >= 15 is 13.2 Å². The molecule has 3 amide bonds. The number of likely N-dealkylation sites (tertiary alicyclic amines) is 1. The molecule has 0 spiro atoms. The molecule has 0 saturated carbocycles. The van der Waals surface area contributed by atoms with Crippen molar-refractivity contribution in [1.29, 1.82) is 0 Å². The minimum Gasteiger partial charge on any atom is -0.493 e. The first-order valence-electron chi connectivity index (χ1n) is 22.8. The molecule has 11 nitrogen and oxygen atoms in total. The van der Waals surface area contributed by atoms with Gasteiger partial charge < -0.3 is 30.1 Å². The summed E-state index contributed by atoms with van der Waals surface area (Å²) in [5, 5.41) is 16.3. The van der Waals surface area contributed by atoms with Crippen LogP contribution in [0.5, 0.6) is 5.75 Å². The number of rotatable bonds is 17. The number of unbranched alkanes of at least 4 members (excludes halogenated alkanes) is 1. The fraction of sp³-hybridized carbons (Fsp3) is 0.490. The van der Waals surface area contributed by atoms with Crippen molar-refractivity contribution in [2.75, 3.05) is 32.9 Å². The minimum atomic E-state index is -1.59. The number of thiazole rings is 1. The number of carbonyl (C=O) groups is 3. The number of fused-ring (bicyclic) bond motifs is 2. The van der Waals surface area contributed by atoms with Crippen molar-refractivity contribution in [3.8, 4) is 16.2 Å². The van der Waals surface area contributed by atoms with Crippen molar-refractivity contribution in [3.05, 3.63) is 111 Å². The Morgan fingerprint density at radius 3 is 2.36 bits per heavy atom. The molecule has 1 aliphatic carbocycles. The number of hydrogen-bond acceptors (Lipinski definition) is 9. The number of aliphatic hydroxyl groups excluding tert-OH is 1. The second-order valence-electron chi connectivity index (χ2n) is 19.5. The highest BCUT2D eigenvalue weighted by atomic mass is 32.1. The lowest BCUT2D eigenvalue weighted by Crippen LogP contribution is -2.58. The highest BCUT2D eigenvalue weighted by molar-refractivity contribution is 7.13. The normalized spacial score (nSPS) is 20.3. The molecule has 0 bridgehead atoms. The Balaban J connectivity index is 0.882. The summed E-state index contributed by atoms with van der Waals surface area (Å²) in [6.45, 7) is 12.5. The van der Waals surface area contributed by atoms with Crippen LogP contribution in [0.25, 0.3) is 16.0 Å². The summed E-state index contributed by atoms with van der Waals surface area (Å²) in [7, 11) is 0. The van der Waals surface area contributed by atoms with Gasteiger partial charge >= 0.3 is 0 Å². The predicted molar refractivity (Wildman–Crippen MR) is 249 cm³/mol. The third kappa shape index (κ3) is 11.4. The lowest BCUT2D eigenvalue weighted by molar-refractivity contribution is -0.144.